The first kappa shape index (κ1) is 32.3. The zero-order chi connectivity index (χ0) is 35.0. The summed E-state index contributed by atoms with van der Waals surface area (Å²) in [4.78, 5) is 30.1. The number of halogens is 5. The highest BCUT2D eigenvalue weighted by Gasteiger charge is 2.57. The maximum Gasteiger partial charge on any atom is 0.424 e. The maximum atomic E-state index is 14.9. The van der Waals surface area contributed by atoms with Crippen molar-refractivity contribution in [2.45, 2.75) is 49.5 Å². The molecule has 1 aliphatic carbocycles. The van der Waals surface area contributed by atoms with Crippen LogP contribution in [0.15, 0.2) is 54.9 Å². The second kappa shape index (κ2) is 11.1. The molecule has 11 nitrogen and oxygen atoms in total. The van der Waals surface area contributed by atoms with Gasteiger partial charge >= 0.3 is 12.7 Å². The fourth-order valence-corrected chi connectivity index (χ4v) is 6.06. The highest BCUT2D eigenvalue weighted by atomic mass is 19.4. The number of benzene rings is 2. The summed E-state index contributed by atoms with van der Waals surface area (Å²) < 4.78 is 85.3. The Morgan fingerprint density at radius 3 is 2.57 bits per heavy atom. The standard InChI is InChI=1S/C33H29F5N6O5/c1-31(29(39)46)15-49-27-21(31)12-24(41-26(27)17-3-6-22-16(9-17)7-8-43(22)30(34)35)32(47,33(36,37)38)14-40-28(45)18-10-19-13-44(20-4-5-20)42-25(19)23(11-18)48-2/h3,6-13,20,30,47H,4-5,14-15H2,1-2H3,(H2,39,46)(H,40,45)/t31-,32?/m0/s1. The van der Waals surface area contributed by atoms with Crippen LogP contribution < -0.4 is 20.5 Å². The summed E-state index contributed by atoms with van der Waals surface area (Å²) in [5.74, 6) is -1.66. The van der Waals surface area contributed by atoms with Crippen LogP contribution in [0.2, 0.25) is 0 Å². The van der Waals surface area contributed by atoms with Gasteiger partial charge in [-0.15, -0.1) is 0 Å². The van der Waals surface area contributed by atoms with E-state index in [1.54, 1.807) is 10.9 Å². The van der Waals surface area contributed by atoms with Crippen LogP contribution in [0, 0.1) is 0 Å². The third kappa shape index (κ3) is 5.21. The molecular formula is C33H29F5N6O5. The van der Waals surface area contributed by atoms with E-state index in [1.165, 1.54) is 50.4 Å². The molecule has 0 radical (unpaired) electrons. The van der Waals surface area contributed by atoms with Crippen molar-refractivity contribution in [1.29, 1.82) is 0 Å². The molecule has 5 aromatic rings. The van der Waals surface area contributed by atoms with Crippen LogP contribution in [0.5, 0.6) is 11.5 Å². The van der Waals surface area contributed by atoms with Gasteiger partial charge in [0.15, 0.2) is 0 Å². The van der Waals surface area contributed by atoms with Gasteiger partial charge in [-0.05, 0) is 56.2 Å². The molecular weight excluding hydrogens is 655 g/mol. The summed E-state index contributed by atoms with van der Waals surface area (Å²) in [6.45, 7) is -3.16. The number of carbonyl (C=O) groups is 2. The van der Waals surface area contributed by atoms with E-state index in [4.69, 9.17) is 15.2 Å². The topological polar surface area (TPSA) is 147 Å². The van der Waals surface area contributed by atoms with Crippen molar-refractivity contribution in [2.75, 3.05) is 20.3 Å². The Labute approximate surface area is 274 Å². The maximum absolute atomic E-state index is 14.9. The molecule has 0 bridgehead atoms. The molecule has 2 atom stereocenters. The number of methoxy groups -OCH3 is 1. The fraction of sp³-hybridized carbons (Fsp3) is 0.333. The molecule has 2 aromatic carbocycles. The molecule has 1 saturated carbocycles. The van der Waals surface area contributed by atoms with E-state index in [2.05, 4.69) is 15.4 Å². The van der Waals surface area contributed by atoms with Crippen molar-refractivity contribution < 1.29 is 46.1 Å². The minimum absolute atomic E-state index is 0.0365. The number of fused-ring (bicyclic) bond motifs is 3. The predicted octanol–water partition coefficient (Wildman–Crippen LogP) is 5.11. The van der Waals surface area contributed by atoms with Crippen LogP contribution in [0.25, 0.3) is 33.1 Å². The molecule has 7 rings (SSSR count). The molecule has 4 N–H and O–H groups in total. The monoisotopic (exact) mass is 684 g/mol. The Hall–Kier alpha value is -5.25. The first-order chi connectivity index (χ1) is 23.1. The van der Waals surface area contributed by atoms with E-state index in [0.717, 1.165) is 25.1 Å². The van der Waals surface area contributed by atoms with Crippen LogP contribution >= 0.6 is 0 Å². The molecule has 3 aromatic heterocycles. The second-order valence-corrected chi connectivity index (χ2v) is 12.5. The van der Waals surface area contributed by atoms with Gasteiger partial charge in [0.05, 0.1) is 30.9 Å². The number of hydrogen-bond acceptors (Lipinski definition) is 7. The van der Waals surface area contributed by atoms with E-state index < -0.39 is 47.8 Å². The molecule has 1 aliphatic heterocycles. The van der Waals surface area contributed by atoms with E-state index in [9.17, 15) is 36.6 Å². The predicted molar refractivity (Wildman–Crippen MR) is 165 cm³/mol. The first-order valence-electron chi connectivity index (χ1n) is 15.2. The van der Waals surface area contributed by atoms with Gasteiger partial charge in [0.2, 0.25) is 11.5 Å². The summed E-state index contributed by atoms with van der Waals surface area (Å²) in [6.07, 6.45) is -0.613. The molecule has 49 heavy (non-hydrogen) atoms. The third-order valence-electron chi connectivity index (χ3n) is 9.21. The number of pyridine rings is 1. The Balaban J connectivity index is 1.30. The zero-order valence-corrected chi connectivity index (χ0v) is 26.0. The quantitative estimate of drug-likeness (QED) is 0.183. The summed E-state index contributed by atoms with van der Waals surface area (Å²) in [5.41, 5.74) is -0.179. The number of nitrogens with zero attached hydrogens (tertiary/aromatic N) is 4. The SMILES string of the molecule is COc1cc(C(=O)NCC(O)(c2cc3c(c(-c4ccc5c(ccn5C(F)F)c4)n2)OC[C@]3(C)C(N)=O)C(F)(F)F)cc2cn(C3CC3)nc12. The van der Waals surface area contributed by atoms with E-state index >= 15 is 0 Å². The highest BCUT2D eigenvalue weighted by molar-refractivity contribution is 6.00. The van der Waals surface area contributed by atoms with Crippen LogP contribution in [-0.4, -0.2) is 62.7 Å². The lowest BCUT2D eigenvalue weighted by molar-refractivity contribution is -0.265. The average Bonchev–Trinajstić information content (AvgIpc) is 3.52. The second-order valence-electron chi connectivity index (χ2n) is 12.5. The van der Waals surface area contributed by atoms with Crippen LogP contribution in [0.1, 0.15) is 54.0 Å². The van der Waals surface area contributed by atoms with Crippen molar-refractivity contribution in [3.05, 3.63) is 71.7 Å². The lowest BCUT2D eigenvalue weighted by Gasteiger charge is -2.31. The Bertz CT molecular complexity index is 2160. The smallest absolute Gasteiger partial charge is 0.424 e. The van der Waals surface area contributed by atoms with E-state index in [0.29, 0.717) is 20.9 Å². The molecule has 1 unspecified atom stereocenters. The number of rotatable bonds is 9. The van der Waals surface area contributed by atoms with Gasteiger partial charge in [-0.1, -0.05) is 6.07 Å². The van der Waals surface area contributed by atoms with Gasteiger partial charge in [0, 0.05) is 39.9 Å². The summed E-state index contributed by atoms with van der Waals surface area (Å²) in [5, 5.41) is 19.0. The number of amides is 2. The molecule has 4 heterocycles. The van der Waals surface area contributed by atoms with Crippen molar-refractivity contribution in [1.82, 2.24) is 24.6 Å². The van der Waals surface area contributed by atoms with E-state index in [-0.39, 0.29) is 52.0 Å². The van der Waals surface area contributed by atoms with Crippen molar-refractivity contribution in [3.63, 3.8) is 0 Å². The molecule has 2 amide bonds. The molecule has 0 spiro atoms. The van der Waals surface area contributed by atoms with Gasteiger partial charge in [0.25, 0.3) is 5.91 Å². The molecule has 0 saturated heterocycles. The molecule has 2 aliphatic rings. The lowest BCUT2D eigenvalue weighted by Crippen LogP contribution is -2.51. The normalized spacial score (nSPS) is 18.8. The largest absolute Gasteiger partial charge is 0.494 e. The highest BCUT2D eigenvalue weighted by Crippen LogP contribution is 2.48. The number of nitrogens with one attached hydrogen (secondary N) is 1. The minimum Gasteiger partial charge on any atom is -0.494 e. The third-order valence-corrected chi connectivity index (χ3v) is 9.21. The number of hydrogen-bond donors (Lipinski definition) is 3. The molecule has 16 heteroatoms. The van der Waals surface area contributed by atoms with Crippen LogP contribution in [0.3, 0.4) is 0 Å². The molecule has 1 fully saturated rings. The number of nitrogens with two attached hydrogens (primary N) is 1. The summed E-state index contributed by atoms with van der Waals surface area (Å²) >= 11 is 0. The molecule has 256 valence electrons. The number of alkyl halides is 5. The zero-order valence-electron chi connectivity index (χ0n) is 26.0. The van der Waals surface area contributed by atoms with Gasteiger partial charge in [0.1, 0.15) is 34.7 Å². The number of ether oxygens (including phenoxy) is 2. The van der Waals surface area contributed by atoms with Crippen LogP contribution in [0.4, 0.5) is 22.0 Å². The Morgan fingerprint density at radius 2 is 1.92 bits per heavy atom. The first-order valence-corrected chi connectivity index (χ1v) is 15.2. The van der Waals surface area contributed by atoms with Gasteiger partial charge in [-0.2, -0.15) is 27.1 Å². The number of carbonyl (C=O) groups excluding carboxylic acids is 2. The van der Waals surface area contributed by atoms with Gasteiger partial charge in [-0.3, -0.25) is 18.8 Å². The number of aromatic nitrogens is 4. The minimum atomic E-state index is -5.40. The number of aliphatic hydroxyl groups is 1. The average molecular weight is 685 g/mol. The Kier molecular flexibility index (Phi) is 7.35. The summed E-state index contributed by atoms with van der Waals surface area (Å²) in [6, 6.07) is 9.45. The summed E-state index contributed by atoms with van der Waals surface area (Å²) in [7, 11) is 1.38. The van der Waals surface area contributed by atoms with E-state index in [1.807, 2.05) is 0 Å². The van der Waals surface area contributed by atoms with Crippen molar-refractivity contribution >= 4 is 33.6 Å². The van der Waals surface area contributed by atoms with Gasteiger partial charge in [-0.25, -0.2) is 4.98 Å². The fourth-order valence-electron chi connectivity index (χ4n) is 6.06. The Morgan fingerprint density at radius 1 is 1.16 bits per heavy atom. The van der Waals surface area contributed by atoms with Gasteiger partial charge < -0.3 is 25.6 Å². The number of primary amides is 1. The van der Waals surface area contributed by atoms with Crippen molar-refractivity contribution in [2.24, 2.45) is 5.73 Å². The van der Waals surface area contributed by atoms with Crippen LogP contribution in [-0.2, 0) is 15.8 Å². The lowest BCUT2D eigenvalue weighted by atomic mass is 9.81. The van der Waals surface area contributed by atoms with Crippen molar-refractivity contribution in [3.8, 4) is 22.8 Å².